The minimum atomic E-state index is 0.138. The van der Waals surface area contributed by atoms with Gasteiger partial charge in [-0.05, 0) is 12.5 Å². The van der Waals surface area contributed by atoms with E-state index in [0.717, 1.165) is 26.1 Å². The zero-order chi connectivity index (χ0) is 12.1. The van der Waals surface area contributed by atoms with Gasteiger partial charge in [0.2, 0.25) is 0 Å². The van der Waals surface area contributed by atoms with Gasteiger partial charge in [-0.15, -0.1) is 0 Å². The lowest BCUT2D eigenvalue weighted by Crippen LogP contribution is -2.42. The van der Waals surface area contributed by atoms with Crippen LogP contribution < -0.4 is 5.32 Å². The Morgan fingerprint density at radius 3 is 3.29 bits per heavy atom. The zero-order valence-corrected chi connectivity index (χ0v) is 10.2. The van der Waals surface area contributed by atoms with E-state index in [0.29, 0.717) is 18.7 Å². The Labute approximate surface area is 101 Å². The van der Waals surface area contributed by atoms with Crippen molar-refractivity contribution in [2.75, 3.05) is 19.8 Å². The number of ketones is 1. The highest BCUT2D eigenvalue weighted by Gasteiger charge is 2.19. The van der Waals surface area contributed by atoms with Crippen LogP contribution in [0, 0.1) is 0 Å². The topological polar surface area (TPSA) is 56.2 Å². The zero-order valence-electron chi connectivity index (χ0n) is 10.2. The molecule has 0 saturated carbocycles. The van der Waals surface area contributed by atoms with Crippen LogP contribution in [0.3, 0.4) is 0 Å². The number of rotatable bonds is 5. The summed E-state index contributed by atoms with van der Waals surface area (Å²) >= 11 is 0. The van der Waals surface area contributed by atoms with Crippen molar-refractivity contribution in [1.82, 2.24) is 15.1 Å². The van der Waals surface area contributed by atoms with Crippen LogP contribution in [-0.2, 0) is 11.3 Å². The maximum absolute atomic E-state index is 12.1. The van der Waals surface area contributed by atoms with Gasteiger partial charge in [0.1, 0.15) is 5.69 Å². The molecule has 17 heavy (non-hydrogen) atoms. The van der Waals surface area contributed by atoms with E-state index < -0.39 is 0 Å². The SMILES string of the molecule is CCCn1nccc1C(=O)CC1COCCN1. The molecule has 5 nitrogen and oxygen atoms in total. The number of Topliss-reactive ketones (excluding diaryl/α,β-unsaturated/α-hetero) is 1. The predicted molar refractivity (Wildman–Crippen MR) is 64.1 cm³/mol. The van der Waals surface area contributed by atoms with E-state index in [-0.39, 0.29) is 11.8 Å². The highest BCUT2D eigenvalue weighted by atomic mass is 16.5. The van der Waals surface area contributed by atoms with Crippen molar-refractivity contribution in [1.29, 1.82) is 0 Å². The van der Waals surface area contributed by atoms with Crippen molar-refractivity contribution in [2.24, 2.45) is 0 Å². The summed E-state index contributed by atoms with van der Waals surface area (Å²) in [7, 11) is 0. The number of carbonyl (C=O) groups is 1. The fourth-order valence-electron chi connectivity index (χ4n) is 2.04. The Morgan fingerprint density at radius 2 is 2.59 bits per heavy atom. The van der Waals surface area contributed by atoms with Crippen molar-refractivity contribution >= 4 is 5.78 Å². The molecule has 1 unspecified atom stereocenters. The van der Waals surface area contributed by atoms with Gasteiger partial charge >= 0.3 is 0 Å². The molecule has 1 aliphatic rings. The molecule has 1 N–H and O–H groups in total. The number of morpholine rings is 1. The van der Waals surface area contributed by atoms with Crippen LogP contribution in [0.2, 0.25) is 0 Å². The lowest BCUT2D eigenvalue weighted by Gasteiger charge is -2.23. The van der Waals surface area contributed by atoms with E-state index in [1.54, 1.807) is 16.9 Å². The molecule has 1 fully saturated rings. The molecule has 2 heterocycles. The molecule has 1 saturated heterocycles. The first-order chi connectivity index (χ1) is 8.31. The van der Waals surface area contributed by atoms with Crippen molar-refractivity contribution in [2.45, 2.75) is 32.4 Å². The van der Waals surface area contributed by atoms with Gasteiger partial charge in [0, 0.05) is 31.7 Å². The second-order valence-electron chi connectivity index (χ2n) is 4.29. The van der Waals surface area contributed by atoms with E-state index in [9.17, 15) is 4.79 Å². The number of hydrogen-bond donors (Lipinski definition) is 1. The average Bonchev–Trinajstić information content (AvgIpc) is 2.79. The van der Waals surface area contributed by atoms with Gasteiger partial charge in [0.25, 0.3) is 0 Å². The fourth-order valence-corrected chi connectivity index (χ4v) is 2.04. The third-order valence-electron chi connectivity index (χ3n) is 2.87. The molecule has 0 radical (unpaired) electrons. The van der Waals surface area contributed by atoms with E-state index in [4.69, 9.17) is 4.74 Å². The molecule has 94 valence electrons. The summed E-state index contributed by atoms with van der Waals surface area (Å²) in [4.78, 5) is 12.1. The standard InChI is InChI=1S/C12H19N3O2/c1-2-6-15-11(3-4-14-15)12(16)8-10-9-17-7-5-13-10/h3-4,10,13H,2,5-9H2,1H3. The van der Waals surface area contributed by atoms with Gasteiger partial charge in [0.15, 0.2) is 5.78 Å². The monoisotopic (exact) mass is 237 g/mol. The van der Waals surface area contributed by atoms with E-state index in [2.05, 4.69) is 17.3 Å². The average molecular weight is 237 g/mol. The van der Waals surface area contributed by atoms with E-state index >= 15 is 0 Å². The number of ether oxygens (including phenoxy) is 1. The van der Waals surface area contributed by atoms with Gasteiger partial charge in [-0.25, -0.2) is 0 Å². The molecule has 0 aliphatic carbocycles. The smallest absolute Gasteiger partial charge is 0.182 e. The van der Waals surface area contributed by atoms with Crippen LogP contribution in [0.25, 0.3) is 0 Å². The van der Waals surface area contributed by atoms with Crippen molar-refractivity contribution in [3.05, 3.63) is 18.0 Å². The lowest BCUT2D eigenvalue weighted by atomic mass is 10.1. The summed E-state index contributed by atoms with van der Waals surface area (Å²) in [6.45, 7) is 5.05. The Hall–Kier alpha value is -1.20. The quantitative estimate of drug-likeness (QED) is 0.771. The number of carbonyl (C=O) groups excluding carboxylic acids is 1. The Balaban J connectivity index is 1.96. The van der Waals surface area contributed by atoms with Gasteiger partial charge in [-0.1, -0.05) is 6.92 Å². The van der Waals surface area contributed by atoms with E-state index in [1.165, 1.54) is 0 Å². The Kier molecular flexibility index (Phi) is 4.28. The van der Waals surface area contributed by atoms with Crippen LogP contribution in [0.15, 0.2) is 12.3 Å². The van der Waals surface area contributed by atoms with Crippen LogP contribution in [-0.4, -0.2) is 41.4 Å². The first kappa shape index (κ1) is 12.3. The molecule has 0 aromatic carbocycles. The second kappa shape index (κ2) is 5.93. The minimum absolute atomic E-state index is 0.138. The Morgan fingerprint density at radius 1 is 1.71 bits per heavy atom. The van der Waals surface area contributed by atoms with Crippen LogP contribution in [0.1, 0.15) is 30.3 Å². The number of aryl methyl sites for hydroxylation is 1. The molecule has 0 bridgehead atoms. The number of hydrogen-bond acceptors (Lipinski definition) is 4. The van der Waals surface area contributed by atoms with Crippen molar-refractivity contribution in [3.63, 3.8) is 0 Å². The third kappa shape index (κ3) is 3.14. The molecule has 1 aliphatic heterocycles. The molecule has 1 atom stereocenters. The maximum Gasteiger partial charge on any atom is 0.182 e. The molecule has 5 heteroatoms. The van der Waals surface area contributed by atoms with Gasteiger partial charge in [-0.3, -0.25) is 9.48 Å². The Bertz CT molecular complexity index is 370. The maximum atomic E-state index is 12.1. The predicted octanol–water partition coefficient (Wildman–Crippen LogP) is 0.854. The van der Waals surface area contributed by atoms with Crippen molar-refractivity contribution in [3.8, 4) is 0 Å². The summed E-state index contributed by atoms with van der Waals surface area (Å²) in [5.41, 5.74) is 0.708. The highest BCUT2D eigenvalue weighted by Crippen LogP contribution is 2.08. The van der Waals surface area contributed by atoms with Gasteiger partial charge < -0.3 is 10.1 Å². The summed E-state index contributed by atoms with van der Waals surface area (Å²) in [5, 5.41) is 7.45. The molecule has 1 aromatic rings. The van der Waals surface area contributed by atoms with Gasteiger partial charge in [0.05, 0.1) is 13.2 Å². The third-order valence-corrected chi connectivity index (χ3v) is 2.87. The minimum Gasteiger partial charge on any atom is -0.378 e. The largest absolute Gasteiger partial charge is 0.378 e. The first-order valence-electron chi connectivity index (χ1n) is 6.17. The molecular weight excluding hydrogens is 218 g/mol. The first-order valence-corrected chi connectivity index (χ1v) is 6.17. The summed E-state index contributed by atoms with van der Waals surface area (Å²) < 4.78 is 7.12. The molecule has 1 aromatic heterocycles. The van der Waals surface area contributed by atoms with Crippen LogP contribution in [0.5, 0.6) is 0 Å². The second-order valence-corrected chi connectivity index (χ2v) is 4.29. The van der Waals surface area contributed by atoms with Crippen LogP contribution in [0.4, 0.5) is 0 Å². The van der Waals surface area contributed by atoms with Crippen molar-refractivity contribution < 1.29 is 9.53 Å². The normalized spacial score (nSPS) is 20.4. The van der Waals surface area contributed by atoms with Crippen LogP contribution >= 0.6 is 0 Å². The molecule has 0 spiro atoms. The summed E-state index contributed by atoms with van der Waals surface area (Å²) in [6.07, 6.45) is 3.15. The molecular formula is C12H19N3O2. The summed E-state index contributed by atoms with van der Waals surface area (Å²) in [5.74, 6) is 0.138. The number of nitrogens with zero attached hydrogens (tertiary/aromatic N) is 2. The highest BCUT2D eigenvalue weighted by molar-refractivity contribution is 5.94. The van der Waals surface area contributed by atoms with Gasteiger partial charge in [-0.2, -0.15) is 5.10 Å². The number of aromatic nitrogens is 2. The molecule has 0 amide bonds. The summed E-state index contributed by atoms with van der Waals surface area (Å²) in [6, 6.07) is 1.93. The number of nitrogens with one attached hydrogen (secondary N) is 1. The fraction of sp³-hybridized carbons (Fsp3) is 0.667. The lowest BCUT2D eigenvalue weighted by molar-refractivity contribution is 0.0672. The molecule has 2 rings (SSSR count). The van der Waals surface area contributed by atoms with E-state index in [1.807, 2.05) is 0 Å².